The summed E-state index contributed by atoms with van der Waals surface area (Å²) in [5.41, 5.74) is 0. The maximum atomic E-state index is 10.7. The Labute approximate surface area is 74.0 Å². The minimum atomic E-state index is -0.0745. The van der Waals surface area contributed by atoms with Crippen LogP contribution in [0.3, 0.4) is 0 Å². The summed E-state index contributed by atoms with van der Waals surface area (Å²) in [6, 6.07) is 0.336. The quantitative estimate of drug-likeness (QED) is 0.436. The van der Waals surface area contributed by atoms with Gasteiger partial charge in [0.25, 0.3) is 0 Å². The highest BCUT2D eigenvalue weighted by atomic mass is 127. The maximum Gasteiger partial charge on any atom is 0.243 e. The van der Waals surface area contributed by atoms with Gasteiger partial charge in [0.15, 0.2) is 0 Å². The molecule has 1 N–H and O–H groups in total. The molecule has 1 saturated heterocycles. The average molecular weight is 252 g/mol. The average Bonchev–Trinajstić information content (AvgIpc) is 1.84. The summed E-state index contributed by atoms with van der Waals surface area (Å²) in [5.74, 6) is -0.0745. The van der Waals surface area contributed by atoms with E-state index in [4.69, 9.17) is 0 Å². The van der Waals surface area contributed by atoms with E-state index in [2.05, 4.69) is 37.9 Å². The molecule has 4 heteroatoms. The topological polar surface area (TPSA) is 32.3 Å². The fourth-order valence-electron chi connectivity index (χ4n) is 0.776. The molecular formula is C6H9IN2O. The predicted molar refractivity (Wildman–Crippen MR) is 47.7 cm³/mol. The number of rotatable bonds is 2. The van der Waals surface area contributed by atoms with E-state index in [1.165, 1.54) is 6.08 Å². The molecule has 0 aliphatic carbocycles. The van der Waals surface area contributed by atoms with Gasteiger partial charge in [-0.05, 0) is 6.08 Å². The Balaban J connectivity index is 2.16. The number of halogens is 1. The Kier molecular flexibility index (Phi) is 2.67. The summed E-state index contributed by atoms with van der Waals surface area (Å²) >= 11 is 2.22. The smallest absolute Gasteiger partial charge is 0.243 e. The number of nitrogens with zero attached hydrogens (tertiary/aromatic N) is 1. The van der Waals surface area contributed by atoms with Crippen LogP contribution in [0.2, 0.25) is 0 Å². The van der Waals surface area contributed by atoms with Crippen molar-refractivity contribution in [3.8, 4) is 0 Å². The third kappa shape index (κ3) is 1.95. The molecule has 0 aromatic carbocycles. The van der Waals surface area contributed by atoms with Crippen molar-refractivity contribution >= 4 is 28.8 Å². The number of carbonyl (C=O) groups is 1. The maximum absolute atomic E-state index is 10.7. The minimum Gasteiger partial charge on any atom is -0.347 e. The Hall–Kier alpha value is -0.100. The van der Waals surface area contributed by atoms with Crippen LogP contribution in [-0.4, -0.2) is 28.2 Å². The second kappa shape index (κ2) is 3.34. The summed E-state index contributed by atoms with van der Waals surface area (Å²) < 4.78 is 2.12. The van der Waals surface area contributed by atoms with Crippen molar-refractivity contribution in [2.45, 2.75) is 6.04 Å². The highest BCUT2D eigenvalue weighted by molar-refractivity contribution is 14.1. The Bertz CT molecular complexity index is 154. The van der Waals surface area contributed by atoms with Crippen LogP contribution >= 0.6 is 22.9 Å². The van der Waals surface area contributed by atoms with E-state index in [-0.39, 0.29) is 5.91 Å². The molecule has 0 aromatic heterocycles. The van der Waals surface area contributed by atoms with Crippen LogP contribution in [0.1, 0.15) is 0 Å². The molecule has 0 bridgehead atoms. The highest BCUT2D eigenvalue weighted by Gasteiger charge is 2.24. The van der Waals surface area contributed by atoms with Gasteiger partial charge in [0.05, 0.1) is 6.04 Å². The number of hydrogen-bond donors (Lipinski definition) is 1. The lowest BCUT2D eigenvalue weighted by Gasteiger charge is -2.34. The molecule has 0 unspecified atom stereocenters. The first-order valence-electron chi connectivity index (χ1n) is 3.06. The first kappa shape index (κ1) is 8.00. The van der Waals surface area contributed by atoms with E-state index >= 15 is 0 Å². The molecule has 1 fully saturated rings. The zero-order chi connectivity index (χ0) is 7.56. The summed E-state index contributed by atoms with van der Waals surface area (Å²) in [5, 5.41) is 2.79. The van der Waals surface area contributed by atoms with Crippen LogP contribution in [0.15, 0.2) is 12.7 Å². The fourth-order valence-corrected chi connectivity index (χ4v) is 1.73. The van der Waals surface area contributed by atoms with Gasteiger partial charge in [0.2, 0.25) is 5.91 Å². The standard InChI is InChI=1S/C6H9IN2O/c1-2-6(10)8-5-3-9(7)4-5/h2,5H,1,3-4H2,(H,8,10). The van der Waals surface area contributed by atoms with Crippen LogP contribution in [-0.2, 0) is 4.79 Å². The summed E-state index contributed by atoms with van der Waals surface area (Å²) in [6.45, 7) is 5.25. The normalized spacial score (nSPS) is 19.7. The van der Waals surface area contributed by atoms with Gasteiger partial charge >= 0.3 is 0 Å². The van der Waals surface area contributed by atoms with Crippen LogP contribution in [0.5, 0.6) is 0 Å². The van der Waals surface area contributed by atoms with Gasteiger partial charge < -0.3 is 5.32 Å². The molecule has 1 aliphatic heterocycles. The van der Waals surface area contributed by atoms with Gasteiger partial charge in [-0.3, -0.25) is 4.79 Å². The van der Waals surface area contributed by atoms with E-state index < -0.39 is 0 Å². The van der Waals surface area contributed by atoms with Gasteiger partial charge in [-0.15, -0.1) is 0 Å². The fraction of sp³-hybridized carbons (Fsp3) is 0.500. The molecule has 0 radical (unpaired) electrons. The van der Waals surface area contributed by atoms with Crippen molar-refractivity contribution in [3.63, 3.8) is 0 Å². The van der Waals surface area contributed by atoms with Crippen molar-refractivity contribution in [2.75, 3.05) is 13.1 Å². The molecule has 0 spiro atoms. The lowest BCUT2D eigenvalue weighted by molar-refractivity contribution is -0.117. The van der Waals surface area contributed by atoms with Gasteiger partial charge in [-0.2, -0.15) is 0 Å². The number of nitrogens with one attached hydrogen (secondary N) is 1. The molecule has 0 saturated carbocycles. The zero-order valence-corrected chi connectivity index (χ0v) is 7.67. The molecule has 0 atom stereocenters. The van der Waals surface area contributed by atoms with Gasteiger partial charge in [0, 0.05) is 36.0 Å². The van der Waals surface area contributed by atoms with E-state index in [9.17, 15) is 4.79 Å². The van der Waals surface area contributed by atoms with Crippen LogP contribution in [0.4, 0.5) is 0 Å². The van der Waals surface area contributed by atoms with E-state index in [0.717, 1.165) is 13.1 Å². The lowest BCUT2D eigenvalue weighted by atomic mass is 10.2. The monoisotopic (exact) mass is 252 g/mol. The number of amides is 1. The SMILES string of the molecule is C=CC(=O)NC1CN(I)C1. The molecular weight excluding hydrogens is 243 g/mol. The minimum absolute atomic E-state index is 0.0745. The molecule has 3 nitrogen and oxygen atoms in total. The molecule has 10 heavy (non-hydrogen) atoms. The first-order chi connectivity index (χ1) is 4.72. The molecule has 1 rings (SSSR count). The van der Waals surface area contributed by atoms with E-state index in [1.807, 2.05) is 0 Å². The summed E-state index contributed by atoms with van der Waals surface area (Å²) in [7, 11) is 0. The summed E-state index contributed by atoms with van der Waals surface area (Å²) in [4.78, 5) is 10.7. The second-order valence-electron chi connectivity index (χ2n) is 2.24. The first-order valence-corrected chi connectivity index (χ1v) is 4.02. The Morgan fingerprint density at radius 1 is 1.80 bits per heavy atom. The Morgan fingerprint density at radius 3 is 2.80 bits per heavy atom. The van der Waals surface area contributed by atoms with Crippen LogP contribution in [0.25, 0.3) is 0 Å². The molecule has 56 valence electrons. The second-order valence-corrected chi connectivity index (χ2v) is 3.60. The number of carbonyl (C=O) groups excluding carboxylic acids is 1. The van der Waals surface area contributed by atoms with Crippen molar-refractivity contribution in [1.82, 2.24) is 8.43 Å². The van der Waals surface area contributed by atoms with Crippen molar-refractivity contribution in [2.24, 2.45) is 0 Å². The Morgan fingerprint density at radius 2 is 2.40 bits per heavy atom. The third-order valence-corrected chi connectivity index (χ3v) is 2.16. The van der Waals surface area contributed by atoms with Gasteiger partial charge in [-0.1, -0.05) is 6.58 Å². The van der Waals surface area contributed by atoms with E-state index in [0.29, 0.717) is 6.04 Å². The number of hydrogen-bond acceptors (Lipinski definition) is 2. The molecule has 1 aliphatic rings. The highest BCUT2D eigenvalue weighted by Crippen LogP contribution is 2.11. The van der Waals surface area contributed by atoms with Crippen molar-refractivity contribution < 1.29 is 4.79 Å². The largest absolute Gasteiger partial charge is 0.347 e. The predicted octanol–water partition coefficient (Wildman–Crippen LogP) is 0.323. The lowest BCUT2D eigenvalue weighted by Crippen LogP contribution is -2.54. The van der Waals surface area contributed by atoms with E-state index in [1.54, 1.807) is 0 Å². The summed E-state index contributed by atoms with van der Waals surface area (Å²) in [6.07, 6.45) is 1.30. The van der Waals surface area contributed by atoms with Gasteiger partial charge in [0.1, 0.15) is 0 Å². The van der Waals surface area contributed by atoms with Crippen LogP contribution in [0, 0.1) is 0 Å². The molecule has 1 amide bonds. The third-order valence-electron chi connectivity index (χ3n) is 1.37. The van der Waals surface area contributed by atoms with Crippen LogP contribution < -0.4 is 5.32 Å². The van der Waals surface area contributed by atoms with Crippen molar-refractivity contribution in [3.05, 3.63) is 12.7 Å². The molecule has 0 aromatic rings. The van der Waals surface area contributed by atoms with Gasteiger partial charge in [-0.25, -0.2) is 3.11 Å². The van der Waals surface area contributed by atoms with Crippen molar-refractivity contribution in [1.29, 1.82) is 0 Å². The molecule has 1 heterocycles. The zero-order valence-electron chi connectivity index (χ0n) is 5.51.